The van der Waals surface area contributed by atoms with Crippen LogP contribution in [0, 0.1) is 4.77 Å². The molecule has 16 heteroatoms. The number of carbonyl (C=O) groups excluding carboxylic acids is 1. The molecule has 1 aliphatic rings. The summed E-state index contributed by atoms with van der Waals surface area (Å²) in [5.74, 6) is 0.0625. The first kappa shape index (κ1) is 36.4. The highest BCUT2D eigenvalue weighted by molar-refractivity contribution is 7.71. The van der Waals surface area contributed by atoms with Crippen LogP contribution in [0.15, 0.2) is 77.9 Å². The van der Waals surface area contributed by atoms with Gasteiger partial charge in [0.2, 0.25) is 5.88 Å². The van der Waals surface area contributed by atoms with E-state index in [1.54, 1.807) is 52.8 Å². The van der Waals surface area contributed by atoms with Gasteiger partial charge in [0.05, 0.1) is 22.1 Å². The van der Waals surface area contributed by atoms with Crippen LogP contribution in [0.4, 0.5) is 0 Å². The molecule has 0 bridgehead atoms. The summed E-state index contributed by atoms with van der Waals surface area (Å²) in [5.41, 5.74) is 1.21. The molecule has 1 saturated carbocycles. The molecule has 0 aliphatic heterocycles. The third kappa shape index (κ3) is 9.37. The molecule has 0 saturated heterocycles. The van der Waals surface area contributed by atoms with E-state index in [9.17, 15) is 9.90 Å². The number of ether oxygens (including phenoxy) is 1. The number of carbonyl (C=O) groups is 1. The van der Waals surface area contributed by atoms with Crippen LogP contribution in [0.2, 0.25) is 15.1 Å². The number of aromatic nitrogens is 5. The van der Waals surface area contributed by atoms with Crippen molar-refractivity contribution >= 4 is 70.2 Å². The molecule has 2 aromatic heterocycles. The van der Waals surface area contributed by atoms with Gasteiger partial charge >= 0.3 is 0 Å². The van der Waals surface area contributed by atoms with Gasteiger partial charge in [-0.3, -0.25) is 4.79 Å². The molecular weight excluding hydrogens is 708 g/mol. The first-order valence-electron chi connectivity index (χ1n) is 14.3. The predicted molar refractivity (Wildman–Crippen MR) is 187 cm³/mol. The van der Waals surface area contributed by atoms with Crippen molar-refractivity contribution in [1.82, 2.24) is 29.9 Å². The van der Waals surface area contributed by atoms with Gasteiger partial charge in [-0.2, -0.15) is 5.10 Å². The van der Waals surface area contributed by atoms with E-state index in [0.717, 1.165) is 18.4 Å². The summed E-state index contributed by atoms with van der Waals surface area (Å²) in [5, 5.41) is 27.5. The van der Waals surface area contributed by atoms with E-state index < -0.39 is 10.5 Å². The lowest BCUT2D eigenvalue weighted by atomic mass is 9.89. The molecule has 3 N–H and O–H groups in total. The maximum absolute atomic E-state index is 11.8. The van der Waals surface area contributed by atoms with Gasteiger partial charge < -0.3 is 25.0 Å². The van der Waals surface area contributed by atoms with Gasteiger partial charge in [-0.15, -0.1) is 16.7 Å². The molecule has 250 valence electrons. The van der Waals surface area contributed by atoms with E-state index in [4.69, 9.17) is 68.2 Å². The minimum absolute atomic E-state index is 0.178. The van der Waals surface area contributed by atoms with Gasteiger partial charge in [-0.05, 0) is 73.5 Å². The Hall–Kier alpha value is -3.39. The topological polar surface area (TPSA) is 132 Å². The second kappa shape index (κ2) is 16.1. The average Bonchev–Trinajstić information content (AvgIpc) is 3.43. The normalized spacial score (nSPS) is 15.2. The number of nitrogens with one attached hydrogen (secondary N) is 2. The van der Waals surface area contributed by atoms with Crippen molar-refractivity contribution in [2.75, 3.05) is 20.8 Å². The number of H-pyrrole nitrogens is 1. The number of alkyl halides is 1. The number of amides is 1. The number of benzene rings is 2. The molecule has 11 nitrogen and oxygen atoms in total. The minimum Gasteiger partial charge on any atom is -0.472 e. The lowest BCUT2D eigenvalue weighted by Crippen LogP contribution is -2.47. The molecule has 2 aromatic carbocycles. The Bertz CT molecular complexity index is 1820. The summed E-state index contributed by atoms with van der Waals surface area (Å²) in [6.07, 6.45) is 6.85. The van der Waals surface area contributed by atoms with Gasteiger partial charge in [-0.25, -0.2) is 9.36 Å². The molecule has 47 heavy (non-hydrogen) atoms. The molecule has 1 amide bonds. The van der Waals surface area contributed by atoms with Crippen LogP contribution in [0.25, 0.3) is 5.69 Å². The average molecular weight is 742 g/mol. The summed E-state index contributed by atoms with van der Waals surface area (Å²) in [4.78, 5) is 18.6. The van der Waals surface area contributed by atoms with E-state index in [0.29, 0.717) is 43.4 Å². The van der Waals surface area contributed by atoms with E-state index >= 15 is 0 Å². The van der Waals surface area contributed by atoms with Gasteiger partial charge in [-0.1, -0.05) is 58.2 Å². The molecule has 1 unspecified atom stereocenters. The highest BCUT2D eigenvalue weighted by Gasteiger charge is 2.58. The Morgan fingerprint density at radius 1 is 1.21 bits per heavy atom. The Kier molecular flexibility index (Phi) is 12.5. The number of aromatic amines is 1. The van der Waals surface area contributed by atoms with Gasteiger partial charge in [0.1, 0.15) is 25.6 Å². The molecule has 1 aliphatic carbocycles. The fourth-order valence-electron chi connectivity index (χ4n) is 4.57. The summed E-state index contributed by atoms with van der Waals surface area (Å²) >= 11 is 30.0. The van der Waals surface area contributed by atoms with E-state index in [1.807, 2.05) is 24.3 Å². The molecule has 5 rings (SSSR count). The van der Waals surface area contributed by atoms with Crippen molar-refractivity contribution in [3.8, 4) is 11.6 Å². The zero-order valence-corrected chi connectivity index (χ0v) is 29.6. The van der Waals surface area contributed by atoms with Crippen molar-refractivity contribution in [2.45, 2.75) is 43.2 Å². The number of nitrogens with zero attached hydrogens (tertiary/aromatic N) is 5. The lowest BCUT2D eigenvalue weighted by Gasteiger charge is -2.33. The Balaban J connectivity index is 0.000000217. The van der Waals surface area contributed by atoms with Crippen molar-refractivity contribution in [2.24, 2.45) is 5.16 Å². The zero-order chi connectivity index (χ0) is 34.2. The molecular formula is C31H33Cl4N7O4S. The highest BCUT2D eigenvalue weighted by Crippen LogP contribution is 2.53. The number of hydrogen-bond acceptors (Lipinski definition) is 8. The third-order valence-electron chi connectivity index (χ3n) is 7.33. The monoisotopic (exact) mass is 739 g/mol. The molecule has 4 aromatic rings. The molecule has 0 spiro atoms. The highest BCUT2D eigenvalue weighted by atomic mass is 35.5. The first-order chi connectivity index (χ1) is 22.4. The van der Waals surface area contributed by atoms with Crippen LogP contribution in [0.5, 0.6) is 5.88 Å². The number of oxime groups is 1. The van der Waals surface area contributed by atoms with E-state index in [1.165, 1.54) is 20.5 Å². The largest absolute Gasteiger partial charge is 0.472 e. The molecule has 0 radical (unpaired) electrons. The van der Waals surface area contributed by atoms with Crippen molar-refractivity contribution in [3.05, 3.63) is 98.1 Å². The summed E-state index contributed by atoms with van der Waals surface area (Å²) in [7, 11) is 2.90. The third-order valence-corrected chi connectivity index (χ3v) is 9.30. The lowest BCUT2D eigenvalue weighted by molar-refractivity contribution is -0.114. The SMILES string of the molecule is CNC(=O)C(=N/OC)/C(C)=C/COc1ccn(-c2ccc(Cl)cc2Cl)n1.OC(Cc1ccccc1Cl)(Cn1nc[nH]c1=S)C1(Cl)CC1. The summed E-state index contributed by atoms with van der Waals surface area (Å²) < 4.78 is 9.20. The van der Waals surface area contributed by atoms with Crippen LogP contribution < -0.4 is 10.1 Å². The zero-order valence-electron chi connectivity index (χ0n) is 25.7. The van der Waals surface area contributed by atoms with Crippen molar-refractivity contribution in [3.63, 3.8) is 0 Å². The summed E-state index contributed by atoms with van der Waals surface area (Å²) in [6.45, 7) is 2.18. The van der Waals surface area contributed by atoms with Gasteiger partial charge in [0.15, 0.2) is 10.5 Å². The van der Waals surface area contributed by atoms with Gasteiger partial charge in [0, 0.05) is 35.8 Å². The fraction of sp³-hybridized carbons (Fsp3) is 0.323. The number of hydrogen-bond donors (Lipinski definition) is 3. The Morgan fingerprint density at radius 2 is 1.96 bits per heavy atom. The summed E-state index contributed by atoms with van der Waals surface area (Å²) in [6, 6.07) is 14.3. The second-order valence-corrected chi connectivity index (χ2v) is 13.0. The Labute approximate surface area is 297 Å². The van der Waals surface area contributed by atoms with Crippen molar-refractivity contribution < 1.29 is 19.5 Å². The standard InChI is InChI=1S/C17H18Cl2N4O3.C14H15Cl2N3OS/c1-11(16(22-25-3)17(24)20-2)7-9-26-15-6-8-23(21-15)14-5-4-12(18)10-13(14)19;15-11-4-2-1-3-10(11)7-14(20,13(16)5-6-13)8-19-12(21)17-9-18-19/h4-8,10H,9H2,1-3H3,(H,20,24);1-4,9,20H,5-8H2,(H,17,18,21)/b11-7+,22-16+;. The number of rotatable bonds is 12. The van der Waals surface area contributed by atoms with E-state index in [2.05, 4.69) is 25.7 Å². The molecule has 2 heterocycles. The van der Waals surface area contributed by atoms with E-state index in [-0.39, 0.29) is 24.8 Å². The fourth-order valence-corrected chi connectivity index (χ4v) is 5.65. The molecule has 1 atom stereocenters. The predicted octanol–water partition coefficient (Wildman–Crippen LogP) is 6.59. The van der Waals surface area contributed by atoms with Crippen LogP contribution in [0.3, 0.4) is 0 Å². The van der Waals surface area contributed by atoms with Crippen molar-refractivity contribution in [1.29, 1.82) is 0 Å². The second-order valence-electron chi connectivity index (χ2n) is 10.6. The maximum atomic E-state index is 11.8. The Morgan fingerprint density at radius 3 is 2.57 bits per heavy atom. The molecule has 1 fully saturated rings. The van der Waals surface area contributed by atoms with Crippen LogP contribution in [0.1, 0.15) is 25.3 Å². The van der Waals surface area contributed by atoms with Crippen LogP contribution in [-0.2, 0) is 22.6 Å². The maximum Gasteiger partial charge on any atom is 0.273 e. The van der Waals surface area contributed by atoms with Crippen LogP contribution in [-0.4, -0.2) is 72.5 Å². The first-order valence-corrected chi connectivity index (χ1v) is 16.2. The van der Waals surface area contributed by atoms with Crippen LogP contribution >= 0.6 is 58.6 Å². The number of halogens is 4. The van der Waals surface area contributed by atoms with Gasteiger partial charge in [0.25, 0.3) is 5.91 Å². The number of aliphatic hydroxyl groups is 1. The quantitative estimate of drug-likeness (QED) is 0.0647. The smallest absolute Gasteiger partial charge is 0.273 e. The minimum atomic E-state index is -1.15.